The molecule has 1 aromatic heterocycles. The fourth-order valence-electron chi connectivity index (χ4n) is 2.45. The van der Waals surface area contributed by atoms with Crippen LogP contribution in [0.2, 0.25) is 0 Å². The van der Waals surface area contributed by atoms with E-state index >= 15 is 0 Å². The largest absolute Gasteiger partial charge is 0.465 e. The molecule has 0 aromatic carbocycles. The third-order valence-electron chi connectivity index (χ3n) is 3.82. The van der Waals surface area contributed by atoms with Crippen molar-refractivity contribution in [2.45, 2.75) is 58.8 Å². The van der Waals surface area contributed by atoms with Gasteiger partial charge in [0.2, 0.25) is 0 Å². The van der Waals surface area contributed by atoms with E-state index < -0.39 is 0 Å². The highest BCUT2D eigenvalue weighted by atomic mass is 16.5. The minimum absolute atomic E-state index is 0.127. The molecule has 1 atom stereocenters. The minimum Gasteiger partial charge on any atom is -0.465 e. The van der Waals surface area contributed by atoms with E-state index in [9.17, 15) is 0 Å². The molecule has 1 aromatic rings. The first kappa shape index (κ1) is 15.5. The minimum atomic E-state index is 0.127. The molecule has 2 rings (SSSR count). The molecule has 1 N–H and O–H groups in total. The molecule has 20 heavy (non-hydrogen) atoms. The molecule has 1 saturated heterocycles. The number of ether oxygens (including phenoxy) is 1. The molecule has 114 valence electrons. The first-order valence-electron chi connectivity index (χ1n) is 7.46. The maximum Gasteiger partial charge on any atom is 0.118 e. The van der Waals surface area contributed by atoms with Crippen LogP contribution in [0.15, 0.2) is 10.5 Å². The van der Waals surface area contributed by atoms with Crippen molar-refractivity contribution in [3.05, 3.63) is 23.2 Å². The molecule has 1 aliphatic heterocycles. The number of nitrogens with one attached hydrogen (secondary N) is 1. The summed E-state index contributed by atoms with van der Waals surface area (Å²) in [6.07, 6.45) is 1.12. The molecular formula is C16H28N2O2. The molecule has 0 amide bonds. The summed E-state index contributed by atoms with van der Waals surface area (Å²) in [6.45, 7) is 12.0. The van der Waals surface area contributed by atoms with E-state index in [2.05, 4.69) is 44.1 Å². The van der Waals surface area contributed by atoms with Gasteiger partial charge in [-0.1, -0.05) is 0 Å². The van der Waals surface area contributed by atoms with E-state index in [0.29, 0.717) is 6.04 Å². The Morgan fingerprint density at radius 1 is 1.40 bits per heavy atom. The standard InChI is InChI=1S/C16H28N2O2/c1-12-13(9-17-16(2,3)4)8-15(20-12)10-18(5)14-6-7-19-11-14/h8,14,17H,6-7,9-11H2,1-5H3. The molecule has 1 fully saturated rings. The molecule has 2 heterocycles. The van der Waals surface area contributed by atoms with Crippen LogP contribution in [0.5, 0.6) is 0 Å². The molecule has 0 bridgehead atoms. The predicted molar refractivity (Wildman–Crippen MR) is 80.7 cm³/mol. The lowest BCUT2D eigenvalue weighted by Gasteiger charge is -2.21. The van der Waals surface area contributed by atoms with Crippen molar-refractivity contribution in [3.63, 3.8) is 0 Å². The topological polar surface area (TPSA) is 37.6 Å². The van der Waals surface area contributed by atoms with Crippen molar-refractivity contribution >= 4 is 0 Å². The second kappa shape index (κ2) is 6.29. The van der Waals surface area contributed by atoms with Crippen molar-refractivity contribution < 1.29 is 9.15 Å². The normalized spacial score (nSPS) is 20.0. The third-order valence-corrected chi connectivity index (χ3v) is 3.82. The monoisotopic (exact) mass is 280 g/mol. The second-order valence-electron chi connectivity index (χ2n) is 6.83. The van der Waals surface area contributed by atoms with Gasteiger partial charge in [0.1, 0.15) is 11.5 Å². The number of furan rings is 1. The van der Waals surface area contributed by atoms with Gasteiger partial charge in [0.05, 0.1) is 13.2 Å². The van der Waals surface area contributed by atoms with Gasteiger partial charge in [0, 0.05) is 30.3 Å². The number of hydrogen-bond acceptors (Lipinski definition) is 4. The maximum absolute atomic E-state index is 5.89. The first-order chi connectivity index (χ1) is 9.35. The Morgan fingerprint density at radius 2 is 2.15 bits per heavy atom. The van der Waals surface area contributed by atoms with Crippen LogP contribution in [-0.4, -0.2) is 36.7 Å². The fourth-order valence-corrected chi connectivity index (χ4v) is 2.45. The fraction of sp³-hybridized carbons (Fsp3) is 0.750. The molecular weight excluding hydrogens is 252 g/mol. The molecule has 4 heteroatoms. The smallest absolute Gasteiger partial charge is 0.118 e. The van der Waals surface area contributed by atoms with Gasteiger partial charge in [0.15, 0.2) is 0 Å². The summed E-state index contributed by atoms with van der Waals surface area (Å²) in [5.74, 6) is 2.07. The number of nitrogens with zero attached hydrogens (tertiary/aromatic N) is 1. The summed E-state index contributed by atoms with van der Waals surface area (Å²) in [4.78, 5) is 2.33. The zero-order valence-electron chi connectivity index (χ0n) is 13.5. The summed E-state index contributed by atoms with van der Waals surface area (Å²) in [5, 5.41) is 3.51. The highest BCUT2D eigenvalue weighted by molar-refractivity contribution is 5.21. The Bertz CT molecular complexity index is 428. The Labute approximate surface area is 122 Å². The SMILES string of the molecule is Cc1oc(CN(C)C2CCOC2)cc1CNC(C)(C)C. The van der Waals surface area contributed by atoms with E-state index in [1.165, 1.54) is 5.56 Å². The summed E-state index contributed by atoms with van der Waals surface area (Å²) in [7, 11) is 2.14. The Kier molecular flexibility index (Phi) is 4.89. The van der Waals surface area contributed by atoms with Crippen LogP contribution >= 0.6 is 0 Å². The highest BCUT2D eigenvalue weighted by Crippen LogP contribution is 2.19. The lowest BCUT2D eigenvalue weighted by molar-refractivity contribution is 0.152. The Morgan fingerprint density at radius 3 is 2.75 bits per heavy atom. The lowest BCUT2D eigenvalue weighted by Crippen LogP contribution is -2.35. The van der Waals surface area contributed by atoms with E-state index in [0.717, 1.165) is 44.2 Å². The van der Waals surface area contributed by atoms with Crippen molar-refractivity contribution in [3.8, 4) is 0 Å². The number of aryl methyl sites for hydroxylation is 1. The van der Waals surface area contributed by atoms with Crippen LogP contribution in [0.25, 0.3) is 0 Å². The summed E-state index contributed by atoms with van der Waals surface area (Å²) in [6, 6.07) is 2.71. The van der Waals surface area contributed by atoms with Crippen LogP contribution in [0.3, 0.4) is 0 Å². The van der Waals surface area contributed by atoms with Gasteiger partial charge < -0.3 is 14.5 Å². The summed E-state index contributed by atoms with van der Waals surface area (Å²) in [5.41, 5.74) is 1.38. The Hall–Kier alpha value is -0.840. The van der Waals surface area contributed by atoms with Crippen LogP contribution in [0.4, 0.5) is 0 Å². The zero-order chi connectivity index (χ0) is 14.8. The molecule has 0 spiro atoms. The van der Waals surface area contributed by atoms with Gasteiger partial charge in [-0.2, -0.15) is 0 Å². The number of rotatable bonds is 5. The van der Waals surface area contributed by atoms with E-state index in [1.54, 1.807) is 0 Å². The first-order valence-corrected chi connectivity index (χ1v) is 7.46. The van der Waals surface area contributed by atoms with Crippen LogP contribution < -0.4 is 5.32 Å². The average molecular weight is 280 g/mol. The third kappa shape index (κ3) is 4.33. The van der Waals surface area contributed by atoms with Crippen molar-refractivity contribution in [2.24, 2.45) is 0 Å². The maximum atomic E-state index is 5.89. The number of hydrogen-bond donors (Lipinski definition) is 1. The predicted octanol–water partition coefficient (Wildman–Crippen LogP) is 2.70. The summed E-state index contributed by atoms with van der Waals surface area (Å²) >= 11 is 0. The van der Waals surface area contributed by atoms with Gasteiger partial charge in [-0.05, 0) is 47.2 Å². The molecule has 1 aliphatic rings. The van der Waals surface area contributed by atoms with Gasteiger partial charge in [-0.15, -0.1) is 0 Å². The van der Waals surface area contributed by atoms with Crippen molar-refractivity contribution in [2.75, 3.05) is 20.3 Å². The number of likely N-dealkylation sites (N-methyl/N-ethyl adjacent to an activating group) is 1. The zero-order valence-corrected chi connectivity index (χ0v) is 13.5. The van der Waals surface area contributed by atoms with E-state index in [-0.39, 0.29) is 5.54 Å². The van der Waals surface area contributed by atoms with Gasteiger partial charge >= 0.3 is 0 Å². The van der Waals surface area contributed by atoms with Crippen molar-refractivity contribution in [1.29, 1.82) is 0 Å². The van der Waals surface area contributed by atoms with E-state index in [4.69, 9.17) is 9.15 Å². The summed E-state index contributed by atoms with van der Waals surface area (Å²) < 4.78 is 11.3. The molecule has 0 saturated carbocycles. The molecule has 0 aliphatic carbocycles. The van der Waals surface area contributed by atoms with Crippen LogP contribution in [0, 0.1) is 6.92 Å². The van der Waals surface area contributed by atoms with Gasteiger partial charge in [-0.3, -0.25) is 4.90 Å². The van der Waals surface area contributed by atoms with E-state index in [1.807, 2.05) is 6.92 Å². The quantitative estimate of drug-likeness (QED) is 0.900. The van der Waals surface area contributed by atoms with Crippen LogP contribution in [-0.2, 0) is 17.8 Å². The molecule has 4 nitrogen and oxygen atoms in total. The average Bonchev–Trinajstić information content (AvgIpc) is 2.95. The van der Waals surface area contributed by atoms with Gasteiger partial charge in [0.25, 0.3) is 0 Å². The Balaban J connectivity index is 1.92. The molecule has 1 unspecified atom stereocenters. The van der Waals surface area contributed by atoms with Crippen LogP contribution in [0.1, 0.15) is 44.3 Å². The van der Waals surface area contributed by atoms with Crippen molar-refractivity contribution in [1.82, 2.24) is 10.2 Å². The second-order valence-corrected chi connectivity index (χ2v) is 6.83. The highest BCUT2D eigenvalue weighted by Gasteiger charge is 2.21. The molecule has 0 radical (unpaired) electrons. The lowest BCUT2D eigenvalue weighted by atomic mass is 10.1. The van der Waals surface area contributed by atoms with Gasteiger partial charge in [-0.25, -0.2) is 0 Å².